The molecule has 0 saturated heterocycles. The topological polar surface area (TPSA) is 83.8 Å². The number of aromatic nitrogens is 2. The number of fused-ring (bicyclic) bond motifs is 3. The van der Waals surface area contributed by atoms with E-state index in [2.05, 4.69) is 35.3 Å². The normalized spacial score (nSPS) is 16.7. The summed E-state index contributed by atoms with van der Waals surface area (Å²) in [6.45, 7) is 4.27. The van der Waals surface area contributed by atoms with Crippen LogP contribution in [0.2, 0.25) is 0 Å². The Bertz CT molecular complexity index is 705. The number of nitrogens with zero attached hydrogens (tertiary/aromatic N) is 1. The van der Waals surface area contributed by atoms with Crippen molar-refractivity contribution in [2.24, 2.45) is 11.8 Å². The molecular formula is C15H18N4O. The highest BCUT2D eigenvalue weighted by Crippen LogP contribution is 2.39. The van der Waals surface area contributed by atoms with E-state index in [4.69, 9.17) is 5.84 Å². The number of anilines is 1. The minimum atomic E-state index is -0.101. The maximum Gasteiger partial charge on any atom is 0.256 e. The molecule has 0 fully saturated rings. The molecule has 1 aliphatic carbocycles. The van der Waals surface area contributed by atoms with Crippen LogP contribution in [0.4, 0.5) is 5.95 Å². The van der Waals surface area contributed by atoms with Gasteiger partial charge in [-0.25, -0.2) is 10.8 Å². The van der Waals surface area contributed by atoms with Crippen molar-refractivity contribution in [3.63, 3.8) is 0 Å². The van der Waals surface area contributed by atoms with Crippen LogP contribution in [0.15, 0.2) is 29.1 Å². The Morgan fingerprint density at radius 1 is 1.40 bits per heavy atom. The van der Waals surface area contributed by atoms with Gasteiger partial charge in [0.25, 0.3) is 5.56 Å². The fraction of sp³-hybridized carbons (Fsp3) is 0.333. The summed E-state index contributed by atoms with van der Waals surface area (Å²) in [7, 11) is 0. The van der Waals surface area contributed by atoms with Crippen LogP contribution in [0, 0.1) is 5.92 Å². The molecule has 2 aromatic rings. The number of hydrogen-bond donors (Lipinski definition) is 3. The molecule has 0 spiro atoms. The number of nitrogens with one attached hydrogen (secondary N) is 2. The van der Waals surface area contributed by atoms with Crippen molar-refractivity contribution in [1.29, 1.82) is 0 Å². The van der Waals surface area contributed by atoms with Crippen LogP contribution in [0.3, 0.4) is 0 Å². The van der Waals surface area contributed by atoms with Crippen LogP contribution in [-0.2, 0) is 6.42 Å². The van der Waals surface area contributed by atoms with E-state index in [1.165, 1.54) is 5.56 Å². The summed E-state index contributed by atoms with van der Waals surface area (Å²) in [5, 5.41) is 0. The van der Waals surface area contributed by atoms with Gasteiger partial charge in [0.1, 0.15) is 0 Å². The smallest absolute Gasteiger partial charge is 0.256 e. The minimum Gasteiger partial charge on any atom is -0.294 e. The number of aromatic amines is 1. The first-order chi connectivity index (χ1) is 9.61. The van der Waals surface area contributed by atoms with Crippen LogP contribution in [-0.4, -0.2) is 9.97 Å². The quantitative estimate of drug-likeness (QED) is 0.576. The molecule has 1 aromatic heterocycles. The van der Waals surface area contributed by atoms with Gasteiger partial charge >= 0.3 is 0 Å². The highest BCUT2D eigenvalue weighted by atomic mass is 16.1. The van der Waals surface area contributed by atoms with Crippen LogP contribution < -0.4 is 16.8 Å². The van der Waals surface area contributed by atoms with Crippen LogP contribution in [0.1, 0.15) is 30.9 Å². The van der Waals surface area contributed by atoms with E-state index in [1.54, 1.807) is 0 Å². The number of nitrogens with two attached hydrogens (primary N) is 1. The van der Waals surface area contributed by atoms with Gasteiger partial charge in [-0.3, -0.25) is 15.2 Å². The molecule has 0 unspecified atom stereocenters. The number of hydrazine groups is 1. The Balaban J connectivity index is 2.32. The van der Waals surface area contributed by atoms with E-state index in [0.29, 0.717) is 11.9 Å². The highest BCUT2D eigenvalue weighted by Gasteiger charge is 2.30. The molecule has 5 heteroatoms. The Labute approximate surface area is 117 Å². The van der Waals surface area contributed by atoms with Gasteiger partial charge in [-0.05, 0) is 23.8 Å². The molecule has 0 amide bonds. The van der Waals surface area contributed by atoms with Crippen LogP contribution in [0.5, 0.6) is 0 Å². The summed E-state index contributed by atoms with van der Waals surface area (Å²) in [6.07, 6.45) is 0.876. The molecular weight excluding hydrogens is 252 g/mol. The van der Waals surface area contributed by atoms with E-state index in [1.807, 2.05) is 18.2 Å². The fourth-order valence-corrected chi connectivity index (χ4v) is 2.94. The summed E-state index contributed by atoms with van der Waals surface area (Å²) in [5.74, 6) is 6.24. The molecule has 5 nitrogen and oxygen atoms in total. The SMILES string of the molecule is CC(C)[C@H]1Cc2ccccc2-c2nc(NN)[nH]c(=O)c21. The molecule has 4 N–H and O–H groups in total. The van der Waals surface area contributed by atoms with E-state index in [9.17, 15) is 4.79 Å². The first-order valence-electron chi connectivity index (χ1n) is 6.81. The highest BCUT2D eigenvalue weighted by molar-refractivity contribution is 5.71. The van der Waals surface area contributed by atoms with Gasteiger partial charge in [0.2, 0.25) is 5.95 Å². The predicted octanol–water partition coefficient (Wildman–Crippen LogP) is 2.02. The van der Waals surface area contributed by atoms with Crippen molar-refractivity contribution in [1.82, 2.24) is 9.97 Å². The summed E-state index contributed by atoms with van der Waals surface area (Å²) in [5.41, 5.74) is 6.12. The Hall–Kier alpha value is -2.14. The lowest BCUT2D eigenvalue weighted by Crippen LogP contribution is -2.28. The molecule has 1 atom stereocenters. The van der Waals surface area contributed by atoms with Gasteiger partial charge in [-0.15, -0.1) is 0 Å². The standard InChI is InChI=1S/C15H18N4O/c1-8(2)11-7-9-5-3-4-6-10(9)13-12(11)14(20)18-15(17-13)19-16/h3-6,8,11H,7,16H2,1-2H3,(H2,17,18,19,20)/t11-/m1/s1. The molecule has 20 heavy (non-hydrogen) atoms. The van der Waals surface area contributed by atoms with Gasteiger partial charge in [-0.1, -0.05) is 38.1 Å². The van der Waals surface area contributed by atoms with Crippen molar-refractivity contribution in [2.75, 3.05) is 5.43 Å². The Morgan fingerprint density at radius 3 is 2.85 bits per heavy atom. The molecule has 3 rings (SSSR count). The van der Waals surface area contributed by atoms with Crippen molar-refractivity contribution >= 4 is 5.95 Å². The van der Waals surface area contributed by atoms with Gasteiger partial charge in [0, 0.05) is 11.1 Å². The molecule has 0 bridgehead atoms. The van der Waals surface area contributed by atoms with E-state index in [0.717, 1.165) is 23.2 Å². The van der Waals surface area contributed by atoms with Crippen molar-refractivity contribution in [3.05, 3.63) is 45.7 Å². The summed E-state index contributed by atoms with van der Waals surface area (Å²) in [6, 6.07) is 8.11. The molecule has 1 aromatic carbocycles. The zero-order valence-electron chi connectivity index (χ0n) is 11.6. The maximum atomic E-state index is 12.4. The molecule has 1 aliphatic rings. The lowest BCUT2D eigenvalue weighted by molar-refractivity contribution is 0.486. The van der Waals surface area contributed by atoms with Gasteiger partial charge in [-0.2, -0.15) is 0 Å². The molecule has 0 saturated carbocycles. The zero-order valence-corrected chi connectivity index (χ0v) is 11.6. The Morgan fingerprint density at radius 2 is 2.15 bits per heavy atom. The van der Waals surface area contributed by atoms with Gasteiger partial charge < -0.3 is 0 Å². The predicted molar refractivity (Wildman–Crippen MR) is 79.4 cm³/mol. The summed E-state index contributed by atoms with van der Waals surface area (Å²) < 4.78 is 0. The average Bonchev–Trinajstić information content (AvgIpc) is 2.45. The monoisotopic (exact) mass is 270 g/mol. The number of nitrogen functional groups attached to an aromatic ring is 1. The van der Waals surface area contributed by atoms with Crippen LogP contribution >= 0.6 is 0 Å². The lowest BCUT2D eigenvalue weighted by Gasteiger charge is -2.28. The fourth-order valence-electron chi connectivity index (χ4n) is 2.94. The van der Waals surface area contributed by atoms with E-state index in [-0.39, 0.29) is 11.5 Å². The van der Waals surface area contributed by atoms with Crippen LogP contribution in [0.25, 0.3) is 11.3 Å². The average molecular weight is 270 g/mol. The molecule has 1 heterocycles. The van der Waals surface area contributed by atoms with Crippen molar-refractivity contribution in [2.45, 2.75) is 26.2 Å². The molecule has 104 valence electrons. The van der Waals surface area contributed by atoms with E-state index >= 15 is 0 Å². The summed E-state index contributed by atoms with van der Waals surface area (Å²) in [4.78, 5) is 19.6. The molecule has 0 aliphatic heterocycles. The third kappa shape index (κ3) is 1.91. The Kier molecular flexibility index (Phi) is 3.06. The first-order valence-corrected chi connectivity index (χ1v) is 6.81. The second kappa shape index (κ2) is 4.76. The number of hydrogen-bond acceptors (Lipinski definition) is 4. The number of H-pyrrole nitrogens is 1. The van der Waals surface area contributed by atoms with Gasteiger partial charge in [0.15, 0.2) is 0 Å². The minimum absolute atomic E-state index is 0.101. The van der Waals surface area contributed by atoms with Crippen molar-refractivity contribution < 1.29 is 0 Å². The lowest BCUT2D eigenvalue weighted by atomic mass is 9.76. The second-order valence-electron chi connectivity index (χ2n) is 5.53. The maximum absolute atomic E-state index is 12.4. The first kappa shape index (κ1) is 12.9. The largest absolute Gasteiger partial charge is 0.294 e. The second-order valence-corrected chi connectivity index (χ2v) is 5.53. The zero-order chi connectivity index (χ0) is 14.3. The van der Waals surface area contributed by atoms with E-state index < -0.39 is 0 Å². The number of benzene rings is 1. The summed E-state index contributed by atoms with van der Waals surface area (Å²) >= 11 is 0. The van der Waals surface area contributed by atoms with Gasteiger partial charge in [0.05, 0.1) is 5.69 Å². The third-order valence-electron chi connectivity index (χ3n) is 3.98. The number of rotatable bonds is 2. The molecule has 0 radical (unpaired) electrons. The third-order valence-corrected chi connectivity index (χ3v) is 3.98. The van der Waals surface area contributed by atoms with Crippen molar-refractivity contribution in [3.8, 4) is 11.3 Å².